The van der Waals surface area contributed by atoms with Crippen LogP contribution in [0.4, 0.5) is 0 Å². The fraction of sp³-hybridized carbons (Fsp3) is 1.00. The molecule has 0 saturated carbocycles. The van der Waals surface area contributed by atoms with Gasteiger partial charge in [-0.25, -0.2) is 0 Å². The van der Waals surface area contributed by atoms with Crippen LogP contribution in [0.2, 0.25) is 0 Å². The molecule has 3 nitrogen and oxygen atoms in total. The minimum Gasteiger partial charge on any atom is -0.380 e. The maximum Gasteiger partial charge on any atom is 0.0550 e. The highest BCUT2D eigenvalue weighted by Gasteiger charge is 2.30. The lowest BCUT2D eigenvalue weighted by Gasteiger charge is -2.33. The first-order valence-electron chi connectivity index (χ1n) is 5.49. The van der Waals surface area contributed by atoms with Crippen LogP contribution in [0, 0.1) is 10.8 Å². The molecule has 0 aliphatic carbocycles. The van der Waals surface area contributed by atoms with Gasteiger partial charge in [-0.1, -0.05) is 0 Å². The van der Waals surface area contributed by atoms with Crippen LogP contribution in [0.5, 0.6) is 0 Å². The first-order chi connectivity index (χ1) is 8.07. The van der Waals surface area contributed by atoms with Crippen molar-refractivity contribution in [1.29, 1.82) is 0 Å². The van der Waals surface area contributed by atoms with E-state index in [4.69, 9.17) is 16.2 Å². The molecule has 0 rings (SSSR count). The summed E-state index contributed by atoms with van der Waals surface area (Å²) in [5.41, 5.74) is 11.2. The van der Waals surface area contributed by atoms with E-state index in [0.717, 1.165) is 0 Å². The minimum absolute atomic E-state index is 0.167. The summed E-state index contributed by atoms with van der Waals surface area (Å²) in [5.74, 6) is 2.63. The number of ether oxygens (including phenoxy) is 1. The highest BCUT2D eigenvalue weighted by molar-refractivity contribution is 7.81. The summed E-state index contributed by atoms with van der Waals surface area (Å²) in [5, 5.41) is 0. The molecule has 0 unspecified atom stereocenters. The Balaban J connectivity index is 4.28. The van der Waals surface area contributed by atoms with E-state index in [-0.39, 0.29) is 10.8 Å². The van der Waals surface area contributed by atoms with Crippen LogP contribution in [0.3, 0.4) is 0 Å². The third kappa shape index (κ3) is 5.42. The van der Waals surface area contributed by atoms with Crippen molar-refractivity contribution in [3.8, 4) is 0 Å². The zero-order valence-electron chi connectivity index (χ0n) is 10.0. The van der Waals surface area contributed by atoms with E-state index in [1.54, 1.807) is 0 Å². The Kier molecular flexibility index (Phi) is 9.92. The van der Waals surface area contributed by atoms with E-state index in [1.807, 2.05) is 0 Å². The number of nitrogens with two attached hydrogens (primary N) is 2. The van der Waals surface area contributed by atoms with Crippen molar-refractivity contribution in [2.45, 2.75) is 0 Å². The number of hydrogen-bond acceptors (Lipinski definition) is 7. The molecule has 0 aromatic carbocycles. The second-order valence-corrected chi connectivity index (χ2v) is 5.80. The second kappa shape index (κ2) is 9.23. The van der Waals surface area contributed by atoms with Crippen molar-refractivity contribution in [1.82, 2.24) is 0 Å². The number of rotatable bonds is 10. The highest BCUT2D eigenvalue weighted by atomic mass is 32.1. The summed E-state index contributed by atoms with van der Waals surface area (Å²) in [6.07, 6.45) is 0. The SMILES string of the molecule is NCC(CS)(CS)COCC(CN)(CS)CS. The number of hydrogen-bond donors (Lipinski definition) is 6. The van der Waals surface area contributed by atoms with E-state index in [2.05, 4.69) is 50.5 Å². The number of thiol groups is 4. The molecule has 0 radical (unpaired) electrons. The van der Waals surface area contributed by atoms with Gasteiger partial charge < -0.3 is 16.2 Å². The molecule has 0 aliphatic heterocycles. The van der Waals surface area contributed by atoms with Gasteiger partial charge in [0.25, 0.3) is 0 Å². The van der Waals surface area contributed by atoms with Crippen LogP contribution in [-0.4, -0.2) is 49.3 Å². The molecule has 7 heteroatoms. The lowest BCUT2D eigenvalue weighted by molar-refractivity contribution is 0.0278. The Morgan fingerprint density at radius 3 is 1.18 bits per heavy atom. The van der Waals surface area contributed by atoms with Gasteiger partial charge in [-0.2, -0.15) is 50.5 Å². The Morgan fingerprint density at radius 2 is 1.00 bits per heavy atom. The van der Waals surface area contributed by atoms with Crippen LogP contribution in [-0.2, 0) is 4.74 Å². The Labute approximate surface area is 126 Å². The first-order valence-corrected chi connectivity index (χ1v) is 8.02. The lowest BCUT2D eigenvalue weighted by atomic mass is 9.92. The van der Waals surface area contributed by atoms with Crippen LogP contribution in [0.25, 0.3) is 0 Å². The van der Waals surface area contributed by atoms with Gasteiger partial charge in [-0.3, -0.25) is 0 Å². The Bertz CT molecular complexity index is 162. The van der Waals surface area contributed by atoms with Crippen molar-refractivity contribution in [2.24, 2.45) is 22.3 Å². The molecule has 0 atom stereocenters. The molecule has 0 spiro atoms. The molecular formula is C10H24N2OS4. The molecule has 0 bridgehead atoms. The van der Waals surface area contributed by atoms with Crippen molar-refractivity contribution < 1.29 is 4.74 Å². The molecule has 0 aromatic heterocycles. The smallest absolute Gasteiger partial charge is 0.0550 e. The van der Waals surface area contributed by atoms with E-state index < -0.39 is 0 Å². The molecule has 0 saturated heterocycles. The first kappa shape index (κ1) is 18.3. The topological polar surface area (TPSA) is 61.3 Å². The second-order valence-electron chi connectivity index (χ2n) is 4.53. The van der Waals surface area contributed by atoms with Crippen molar-refractivity contribution in [3.05, 3.63) is 0 Å². The normalized spacial score (nSPS) is 13.1. The van der Waals surface area contributed by atoms with Crippen LogP contribution in [0.15, 0.2) is 0 Å². The van der Waals surface area contributed by atoms with Crippen LogP contribution in [0.1, 0.15) is 0 Å². The van der Waals surface area contributed by atoms with Crippen LogP contribution >= 0.6 is 50.5 Å². The average Bonchev–Trinajstić information content (AvgIpc) is 2.41. The van der Waals surface area contributed by atoms with Crippen molar-refractivity contribution in [3.63, 3.8) is 0 Å². The molecule has 0 heterocycles. The van der Waals surface area contributed by atoms with E-state index in [1.165, 1.54) is 0 Å². The molecule has 0 fully saturated rings. The highest BCUT2D eigenvalue weighted by Crippen LogP contribution is 2.24. The molecule has 4 N–H and O–H groups in total. The average molecular weight is 317 g/mol. The van der Waals surface area contributed by atoms with Gasteiger partial charge in [0.05, 0.1) is 13.2 Å². The van der Waals surface area contributed by atoms with Crippen molar-refractivity contribution >= 4 is 50.5 Å². The summed E-state index contributed by atoms with van der Waals surface area (Å²) < 4.78 is 5.75. The maximum absolute atomic E-state index is 5.75. The van der Waals surface area contributed by atoms with E-state index in [0.29, 0.717) is 49.3 Å². The predicted molar refractivity (Wildman–Crippen MR) is 89.2 cm³/mol. The fourth-order valence-electron chi connectivity index (χ4n) is 1.14. The standard InChI is InChI=1S/C10H24N2OS4/c11-1-9(5-14,6-15)3-13-4-10(2-12,7-16)8-17/h14-17H,1-8,11-12H2. The zero-order valence-corrected chi connectivity index (χ0v) is 13.6. The predicted octanol–water partition coefficient (Wildman–Crippen LogP) is 0.612. The monoisotopic (exact) mass is 316 g/mol. The van der Waals surface area contributed by atoms with E-state index in [9.17, 15) is 0 Å². The van der Waals surface area contributed by atoms with Gasteiger partial charge >= 0.3 is 0 Å². The van der Waals surface area contributed by atoms with Gasteiger partial charge in [0.1, 0.15) is 0 Å². The summed E-state index contributed by atoms with van der Waals surface area (Å²) in [6, 6.07) is 0. The largest absolute Gasteiger partial charge is 0.380 e. The maximum atomic E-state index is 5.75. The Morgan fingerprint density at radius 1 is 0.706 bits per heavy atom. The third-order valence-corrected chi connectivity index (χ3v) is 5.71. The summed E-state index contributed by atoms with van der Waals surface area (Å²) in [6.45, 7) is 2.11. The molecular weight excluding hydrogens is 292 g/mol. The van der Waals surface area contributed by atoms with E-state index >= 15 is 0 Å². The van der Waals surface area contributed by atoms with Gasteiger partial charge in [-0.05, 0) is 0 Å². The minimum atomic E-state index is -0.167. The van der Waals surface area contributed by atoms with Gasteiger partial charge in [0, 0.05) is 46.9 Å². The fourth-order valence-corrected chi connectivity index (χ4v) is 2.82. The van der Waals surface area contributed by atoms with Crippen molar-refractivity contribution in [2.75, 3.05) is 49.3 Å². The Hall–Kier alpha value is 1.28. The van der Waals surface area contributed by atoms with Crippen LogP contribution < -0.4 is 11.5 Å². The molecule has 17 heavy (non-hydrogen) atoms. The van der Waals surface area contributed by atoms with Gasteiger partial charge in [-0.15, -0.1) is 0 Å². The van der Waals surface area contributed by atoms with Gasteiger partial charge in [0.2, 0.25) is 0 Å². The molecule has 0 aromatic rings. The molecule has 0 amide bonds. The molecule has 0 aliphatic rings. The van der Waals surface area contributed by atoms with Gasteiger partial charge in [0.15, 0.2) is 0 Å². The molecule has 104 valence electrons. The summed E-state index contributed by atoms with van der Waals surface area (Å²) in [7, 11) is 0. The lowest BCUT2D eigenvalue weighted by Crippen LogP contribution is -2.43. The third-order valence-electron chi connectivity index (χ3n) is 3.02. The summed E-state index contributed by atoms with van der Waals surface area (Å²) in [4.78, 5) is 0. The summed E-state index contributed by atoms with van der Waals surface area (Å²) >= 11 is 17.2. The quantitative estimate of drug-likeness (QED) is 0.335. The zero-order chi connectivity index (χ0) is 13.4.